The summed E-state index contributed by atoms with van der Waals surface area (Å²) >= 11 is 6.51. The molecular formula is C28H31ClF2N2O4. The number of carboxylic acids is 1. The SMILES string of the molecule is COc1ccc2ncc(Cl)c(CCCC3(CC(=O)O)CCN(CCOc4cc(F)cc(F)c4)CC3)c2c1. The third-order valence-electron chi connectivity index (χ3n) is 7.22. The van der Waals surface area contributed by atoms with Crippen LogP contribution in [0.5, 0.6) is 11.5 Å². The average molecular weight is 533 g/mol. The molecule has 0 spiro atoms. The number of aromatic nitrogens is 1. The van der Waals surface area contributed by atoms with Crippen molar-refractivity contribution in [2.45, 2.75) is 38.5 Å². The zero-order valence-corrected chi connectivity index (χ0v) is 21.6. The Bertz CT molecular complexity index is 1230. The fourth-order valence-electron chi connectivity index (χ4n) is 5.21. The van der Waals surface area contributed by atoms with Crippen LogP contribution in [0.2, 0.25) is 5.02 Å². The lowest BCUT2D eigenvalue weighted by atomic mass is 9.72. The van der Waals surface area contributed by atoms with E-state index in [0.29, 0.717) is 24.6 Å². The molecule has 4 rings (SSSR count). The second-order valence-electron chi connectivity index (χ2n) is 9.69. The molecule has 1 fully saturated rings. The highest BCUT2D eigenvalue weighted by atomic mass is 35.5. The molecule has 0 bridgehead atoms. The summed E-state index contributed by atoms with van der Waals surface area (Å²) in [6, 6.07) is 8.84. The molecule has 1 aromatic heterocycles. The Kier molecular flexibility index (Phi) is 8.82. The largest absolute Gasteiger partial charge is 0.497 e. The van der Waals surface area contributed by atoms with Gasteiger partial charge in [0.2, 0.25) is 0 Å². The van der Waals surface area contributed by atoms with Gasteiger partial charge in [0.25, 0.3) is 0 Å². The average Bonchev–Trinajstić information content (AvgIpc) is 2.85. The maximum absolute atomic E-state index is 13.3. The van der Waals surface area contributed by atoms with E-state index in [4.69, 9.17) is 21.1 Å². The van der Waals surface area contributed by atoms with Gasteiger partial charge in [-0.25, -0.2) is 8.78 Å². The predicted molar refractivity (Wildman–Crippen MR) is 138 cm³/mol. The Morgan fingerprint density at radius 3 is 2.54 bits per heavy atom. The zero-order valence-electron chi connectivity index (χ0n) is 20.8. The highest BCUT2D eigenvalue weighted by Gasteiger charge is 2.36. The number of carboxylic acid groups (broad SMARTS) is 1. The minimum absolute atomic E-state index is 0.124. The number of piperidine rings is 1. The number of fused-ring (bicyclic) bond motifs is 1. The lowest BCUT2D eigenvalue weighted by molar-refractivity contribution is -0.140. The van der Waals surface area contributed by atoms with Crippen molar-refractivity contribution in [3.63, 3.8) is 0 Å². The molecule has 198 valence electrons. The van der Waals surface area contributed by atoms with Gasteiger partial charge >= 0.3 is 5.97 Å². The van der Waals surface area contributed by atoms with Crippen LogP contribution in [0.4, 0.5) is 8.78 Å². The Hall–Kier alpha value is -2.97. The molecule has 2 aromatic carbocycles. The van der Waals surface area contributed by atoms with E-state index in [2.05, 4.69) is 9.88 Å². The number of nitrogens with zero attached hydrogens (tertiary/aromatic N) is 2. The number of carbonyl (C=O) groups is 1. The van der Waals surface area contributed by atoms with Crippen molar-refractivity contribution >= 4 is 28.5 Å². The molecule has 1 saturated heterocycles. The Balaban J connectivity index is 1.34. The maximum Gasteiger partial charge on any atom is 0.303 e. The molecule has 6 nitrogen and oxygen atoms in total. The summed E-state index contributed by atoms with van der Waals surface area (Å²) in [6.07, 6.45) is 5.59. The van der Waals surface area contributed by atoms with Crippen molar-refractivity contribution in [3.8, 4) is 11.5 Å². The van der Waals surface area contributed by atoms with Crippen molar-refractivity contribution in [1.82, 2.24) is 9.88 Å². The summed E-state index contributed by atoms with van der Waals surface area (Å²) in [7, 11) is 1.62. The molecule has 0 aliphatic carbocycles. The number of halogens is 3. The summed E-state index contributed by atoms with van der Waals surface area (Å²) in [5, 5.41) is 11.2. The van der Waals surface area contributed by atoms with E-state index in [-0.39, 0.29) is 17.6 Å². The molecule has 37 heavy (non-hydrogen) atoms. The number of likely N-dealkylation sites (tertiary alicyclic amines) is 1. The minimum Gasteiger partial charge on any atom is -0.497 e. The van der Waals surface area contributed by atoms with Gasteiger partial charge in [-0.05, 0) is 74.4 Å². The van der Waals surface area contributed by atoms with Gasteiger partial charge in [-0.2, -0.15) is 0 Å². The maximum atomic E-state index is 13.3. The molecule has 0 radical (unpaired) electrons. The van der Waals surface area contributed by atoms with Crippen LogP contribution in [0.15, 0.2) is 42.6 Å². The van der Waals surface area contributed by atoms with Gasteiger partial charge in [-0.15, -0.1) is 0 Å². The Morgan fingerprint density at radius 1 is 1.14 bits per heavy atom. The summed E-state index contributed by atoms with van der Waals surface area (Å²) in [6.45, 7) is 2.38. The number of aliphatic carboxylic acids is 1. The van der Waals surface area contributed by atoms with Crippen LogP contribution >= 0.6 is 11.6 Å². The summed E-state index contributed by atoms with van der Waals surface area (Å²) in [4.78, 5) is 18.3. The van der Waals surface area contributed by atoms with Gasteiger partial charge in [-0.3, -0.25) is 14.7 Å². The van der Waals surface area contributed by atoms with Crippen molar-refractivity contribution < 1.29 is 28.2 Å². The van der Waals surface area contributed by atoms with Gasteiger partial charge in [-0.1, -0.05) is 11.6 Å². The Morgan fingerprint density at radius 2 is 1.86 bits per heavy atom. The number of ether oxygens (including phenoxy) is 2. The minimum atomic E-state index is -0.790. The van der Waals surface area contributed by atoms with Crippen molar-refractivity contribution in [1.29, 1.82) is 0 Å². The molecule has 9 heteroatoms. The molecule has 1 aliphatic rings. The normalized spacial score (nSPS) is 15.6. The van der Waals surface area contributed by atoms with E-state index in [1.54, 1.807) is 13.3 Å². The molecule has 1 N–H and O–H groups in total. The van der Waals surface area contributed by atoms with E-state index >= 15 is 0 Å². The first-order chi connectivity index (χ1) is 17.8. The number of aryl methyl sites for hydroxylation is 1. The molecule has 2 heterocycles. The first-order valence-electron chi connectivity index (χ1n) is 12.4. The van der Waals surface area contributed by atoms with Gasteiger partial charge < -0.3 is 14.6 Å². The monoisotopic (exact) mass is 532 g/mol. The first kappa shape index (κ1) is 27.1. The second kappa shape index (κ2) is 12.0. The van der Waals surface area contributed by atoms with Crippen molar-refractivity contribution in [2.24, 2.45) is 5.41 Å². The summed E-state index contributed by atoms with van der Waals surface area (Å²) in [5.41, 5.74) is 1.55. The molecular weight excluding hydrogens is 502 g/mol. The van der Waals surface area contributed by atoms with Crippen LogP contribution in [0.3, 0.4) is 0 Å². The number of methoxy groups -OCH3 is 1. The van der Waals surface area contributed by atoms with Crippen LogP contribution in [-0.2, 0) is 11.2 Å². The molecule has 0 unspecified atom stereocenters. The smallest absolute Gasteiger partial charge is 0.303 e. The fourth-order valence-corrected chi connectivity index (χ4v) is 5.46. The van der Waals surface area contributed by atoms with Crippen LogP contribution in [0.1, 0.15) is 37.7 Å². The van der Waals surface area contributed by atoms with Crippen LogP contribution in [-0.4, -0.2) is 54.3 Å². The first-order valence-corrected chi connectivity index (χ1v) is 12.8. The number of benzene rings is 2. The predicted octanol–water partition coefficient (Wildman–Crippen LogP) is 6.13. The van der Waals surface area contributed by atoms with E-state index in [9.17, 15) is 18.7 Å². The van der Waals surface area contributed by atoms with E-state index in [0.717, 1.165) is 79.2 Å². The number of hydrogen-bond donors (Lipinski definition) is 1. The van der Waals surface area contributed by atoms with E-state index < -0.39 is 17.6 Å². The highest BCUT2D eigenvalue weighted by Crippen LogP contribution is 2.40. The van der Waals surface area contributed by atoms with Crippen LogP contribution in [0, 0.1) is 17.0 Å². The molecule has 0 amide bonds. The van der Waals surface area contributed by atoms with Crippen LogP contribution < -0.4 is 9.47 Å². The molecule has 3 aromatic rings. The fraction of sp³-hybridized carbons (Fsp3) is 0.429. The second-order valence-corrected chi connectivity index (χ2v) is 10.1. The standard InChI is InChI=1S/C28H31ClF2N2O4/c1-36-21-4-5-26-24(16-21)23(25(29)18-32-26)3-2-6-28(17-27(34)35)7-9-33(10-8-28)11-12-37-22-14-19(30)13-20(31)15-22/h4-5,13-16,18H,2-3,6-12,17H2,1H3,(H,34,35). The number of hydrogen-bond acceptors (Lipinski definition) is 5. The topological polar surface area (TPSA) is 71.9 Å². The van der Waals surface area contributed by atoms with Crippen LogP contribution in [0.25, 0.3) is 10.9 Å². The molecule has 0 saturated carbocycles. The van der Waals surface area contributed by atoms with Gasteiger partial charge in [0.05, 0.1) is 24.1 Å². The lowest BCUT2D eigenvalue weighted by Gasteiger charge is -2.41. The lowest BCUT2D eigenvalue weighted by Crippen LogP contribution is -2.42. The van der Waals surface area contributed by atoms with Gasteiger partial charge in [0.1, 0.15) is 29.7 Å². The number of pyridine rings is 1. The highest BCUT2D eigenvalue weighted by molar-refractivity contribution is 6.32. The van der Waals surface area contributed by atoms with Crippen molar-refractivity contribution in [3.05, 3.63) is 64.8 Å². The number of rotatable bonds is 11. The zero-order chi connectivity index (χ0) is 26.4. The van der Waals surface area contributed by atoms with E-state index in [1.807, 2.05) is 18.2 Å². The summed E-state index contributed by atoms with van der Waals surface area (Å²) < 4.78 is 37.6. The third kappa shape index (κ3) is 7.08. The third-order valence-corrected chi connectivity index (χ3v) is 7.55. The summed E-state index contributed by atoms with van der Waals surface area (Å²) in [5.74, 6) is -1.24. The molecule has 0 atom stereocenters. The van der Waals surface area contributed by atoms with Crippen molar-refractivity contribution in [2.75, 3.05) is 33.4 Å². The van der Waals surface area contributed by atoms with E-state index in [1.165, 1.54) is 0 Å². The van der Waals surface area contributed by atoms with Gasteiger partial charge in [0.15, 0.2) is 0 Å². The quantitative estimate of drug-likeness (QED) is 0.320. The Labute approximate surface area is 220 Å². The molecule has 1 aliphatic heterocycles. The van der Waals surface area contributed by atoms with Gasteiger partial charge in [0, 0.05) is 36.3 Å².